The number of anilines is 2. The van der Waals surface area contributed by atoms with Gasteiger partial charge in [0.2, 0.25) is 0 Å². The van der Waals surface area contributed by atoms with E-state index in [9.17, 15) is 13.9 Å². The predicted octanol–water partition coefficient (Wildman–Crippen LogP) is 5.32. The van der Waals surface area contributed by atoms with Gasteiger partial charge in [0.1, 0.15) is 6.10 Å². The molecule has 0 aliphatic heterocycles. The topological polar surface area (TPSA) is 110 Å². The first-order valence-electron chi connectivity index (χ1n) is 10.8. The summed E-state index contributed by atoms with van der Waals surface area (Å²) in [5, 5.41) is 21.7. The normalized spacial score (nSPS) is 12.9. The number of nitriles is 1. The zero-order valence-electron chi connectivity index (χ0n) is 18.7. The molecule has 0 aliphatic rings. The Morgan fingerprint density at radius 3 is 2.46 bits per heavy atom. The lowest BCUT2D eigenvalue weighted by molar-refractivity contribution is 0.215. The highest BCUT2D eigenvalue weighted by Crippen LogP contribution is 2.33. The Hall–Kier alpha value is -4.16. The van der Waals surface area contributed by atoms with Gasteiger partial charge in [0, 0.05) is 17.0 Å². The van der Waals surface area contributed by atoms with Crippen molar-refractivity contribution in [3.63, 3.8) is 0 Å². The van der Waals surface area contributed by atoms with Gasteiger partial charge in [-0.3, -0.25) is 9.54 Å². The third kappa shape index (κ3) is 4.36. The van der Waals surface area contributed by atoms with Gasteiger partial charge in [-0.2, -0.15) is 5.26 Å². The van der Waals surface area contributed by atoms with Gasteiger partial charge in [0.15, 0.2) is 0 Å². The van der Waals surface area contributed by atoms with E-state index in [0.29, 0.717) is 33.7 Å². The number of benzene rings is 3. The lowest BCUT2D eigenvalue weighted by atomic mass is 10.0. The summed E-state index contributed by atoms with van der Waals surface area (Å²) in [6, 6.07) is 25.0. The van der Waals surface area contributed by atoms with Crippen molar-refractivity contribution in [1.82, 2.24) is 9.97 Å². The molecule has 7 nitrogen and oxygen atoms in total. The molecule has 2 aromatic heterocycles. The molecule has 0 saturated carbocycles. The van der Waals surface area contributed by atoms with E-state index in [2.05, 4.69) is 16.0 Å². The number of rotatable bonds is 5. The van der Waals surface area contributed by atoms with E-state index in [4.69, 9.17) is 5.26 Å². The predicted molar refractivity (Wildman–Crippen MR) is 136 cm³/mol. The van der Waals surface area contributed by atoms with E-state index in [1.54, 1.807) is 54.7 Å². The molecule has 0 saturated heterocycles. The van der Waals surface area contributed by atoms with E-state index < -0.39 is 17.4 Å². The zero-order chi connectivity index (χ0) is 24.5. The second kappa shape index (κ2) is 9.24. The largest absolute Gasteiger partial charge is 0.382 e. The molecule has 2 N–H and O–H groups in total. The van der Waals surface area contributed by atoms with Crippen LogP contribution in [-0.4, -0.2) is 23.8 Å². The standard InChI is InChI=1S/C27H20N4O3S/c1-17-13-26(27(32)19-6-4-18(16-28)5-7-19)30-25-15-22(8-10-23(17)25)31(35(33)34)21-9-11-24-20(14-21)3-2-12-29-24/h2-15,27,32H,1H3,(H,33,34). The molecule has 0 fully saturated rings. The average molecular weight is 481 g/mol. The van der Waals surface area contributed by atoms with Crippen molar-refractivity contribution >= 4 is 44.4 Å². The molecule has 0 aliphatic carbocycles. The second-order valence-electron chi connectivity index (χ2n) is 8.11. The summed E-state index contributed by atoms with van der Waals surface area (Å²) in [6.07, 6.45) is 0.719. The molecule has 0 amide bonds. The maximum atomic E-state index is 12.4. The van der Waals surface area contributed by atoms with Crippen LogP contribution in [0.1, 0.15) is 28.5 Å². The molecule has 2 atom stereocenters. The number of aromatic nitrogens is 2. The van der Waals surface area contributed by atoms with Gasteiger partial charge in [0.25, 0.3) is 11.3 Å². The number of fused-ring (bicyclic) bond motifs is 2. The molecule has 2 heterocycles. The van der Waals surface area contributed by atoms with Crippen LogP contribution < -0.4 is 4.31 Å². The summed E-state index contributed by atoms with van der Waals surface area (Å²) in [7, 11) is 0. The number of nitrogens with zero attached hydrogens (tertiary/aromatic N) is 4. The molecule has 0 bridgehead atoms. The molecule has 5 rings (SSSR count). The van der Waals surface area contributed by atoms with E-state index >= 15 is 0 Å². The van der Waals surface area contributed by atoms with Crippen molar-refractivity contribution < 1.29 is 13.9 Å². The minimum absolute atomic E-state index is 0.449. The van der Waals surface area contributed by atoms with Gasteiger partial charge >= 0.3 is 0 Å². The van der Waals surface area contributed by atoms with Crippen molar-refractivity contribution in [1.29, 1.82) is 5.26 Å². The number of hydrogen-bond acceptors (Lipinski definition) is 5. The van der Waals surface area contributed by atoms with E-state index in [1.165, 1.54) is 4.31 Å². The van der Waals surface area contributed by atoms with Gasteiger partial charge in [0.05, 0.1) is 39.7 Å². The molecule has 0 radical (unpaired) electrons. The van der Waals surface area contributed by atoms with Gasteiger partial charge in [-0.15, -0.1) is 0 Å². The Morgan fingerprint density at radius 2 is 1.71 bits per heavy atom. The Labute approximate surface area is 204 Å². The first-order chi connectivity index (χ1) is 16.9. The monoisotopic (exact) mass is 480 g/mol. The lowest BCUT2D eigenvalue weighted by Crippen LogP contribution is -2.19. The second-order valence-corrected chi connectivity index (χ2v) is 8.93. The third-order valence-corrected chi connectivity index (χ3v) is 6.60. The first-order valence-corrected chi connectivity index (χ1v) is 11.9. The molecule has 5 aromatic rings. The van der Waals surface area contributed by atoms with Gasteiger partial charge in [-0.05, 0) is 72.6 Å². The number of pyridine rings is 2. The summed E-state index contributed by atoms with van der Waals surface area (Å²) >= 11 is -2.33. The SMILES string of the molecule is Cc1cc(C(O)c2ccc(C#N)cc2)nc2cc(N(c3ccc4ncccc4c3)S(=O)O)ccc12. The molecule has 8 heteroatoms. The van der Waals surface area contributed by atoms with Crippen LogP contribution in [0.3, 0.4) is 0 Å². The fraction of sp³-hybridized carbons (Fsp3) is 0.0741. The van der Waals surface area contributed by atoms with Crippen molar-refractivity contribution in [3.8, 4) is 6.07 Å². The van der Waals surface area contributed by atoms with Crippen LogP contribution in [0.25, 0.3) is 21.8 Å². The fourth-order valence-corrected chi connectivity index (χ4v) is 4.70. The zero-order valence-corrected chi connectivity index (χ0v) is 19.5. The van der Waals surface area contributed by atoms with Crippen molar-refractivity contribution in [2.24, 2.45) is 0 Å². The van der Waals surface area contributed by atoms with Crippen LogP contribution in [0.15, 0.2) is 85.1 Å². The average Bonchev–Trinajstić information content (AvgIpc) is 2.88. The van der Waals surface area contributed by atoms with E-state index in [0.717, 1.165) is 21.9 Å². The molecule has 172 valence electrons. The highest BCUT2D eigenvalue weighted by molar-refractivity contribution is 7.81. The smallest absolute Gasteiger partial charge is 0.266 e. The molecule has 0 spiro atoms. The summed E-state index contributed by atoms with van der Waals surface area (Å²) in [5.74, 6) is 0. The maximum Gasteiger partial charge on any atom is 0.266 e. The lowest BCUT2D eigenvalue weighted by Gasteiger charge is -2.21. The summed E-state index contributed by atoms with van der Waals surface area (Å²) in [6.45, 7) is 1.93. The van der Waals surface area contributed by atoms with Gasteiger partial charge in [-0.25, -0.2) is 13.5 Å². The quantitative estimate of drug-likeness (QED) is 0.330. The van der Waals surface area contributed by atoms with Crippen LogP contribution in [0.4, 0.5) is 11.4 Å². The van der Waals surface area contributed by atoms with Gasteiger partial charge in [-0.1, -0.05) is 24.3 Å². The van der Waals surface area contributed by atoms with Crippen molar-refractivity contribution in [3.05, 3.63) is 107 Å². The van der Waals surface area contributed by atoms with Crippen LogP contribution >= 0.6 is 0 Å². The third-order valence-electron chi connectivity index (χ3n) is 5.87. The summed E-state index contributed by atoms with van der Waals surface area (Å²) in [4.78, 5) is 8.97. The van der Waals surface area contributed by atoms with Gasteiger partial charge < -0.3 is 5.11 Å². The fourth-order valence-electron chi connectivity index (χ4n) is 4.11. The van der Waals surface area contributed by atoms with Crippen LogP contribution in [0.2, 0.25) is 0 Å². The number of aryl methyl sites for hydroxylation is 1. The Kier molecular flexibility index (Phi) is 5.97. The van der Waals surface area contributed by atoms with Crippen molar-refractivity contribution in [2.45, 2.75) is 13.0 Å². The number of aliphatic hydroxyl groups is 1. The van der Waals surface area contributed by atoms with E-state index in [-0.39, 0.29) is 0 Å². The van der Waals surface area contributed by atoms with Crippen LogP contribution in [0, 0.1) is 18.3 Å². The Bertz CT molecular complexity index is 1630. The summed E-state index contributed by atoms with van der Waals surface area (Å²) < 4.78 is 23.9. The van der Waals surface area contributed by atoms with Crippen molar-refractivity contribution in [2.75, 3.05) is 4.31 Å². The van der Waals surface area contributed by atoms with E-state index in [1.807, 2.05) is 37.3 Å². The Morgan fingerprint density at radius 1 is 0.971 bits per heavy atom. The minimum atomic E-state index is -2.33. The maximum absolute atomic E-state index is 12.4. The number of hydrogen-bond donors (Lipinski definition) is 2. The highest BCUT2D eigenvalue weighted by Gasteiger charge is 2.19. The minimum Gasteiger partial charge on any atom is -0.382 e. The highest BCUT2D eigenvalue weighted by atomic mass is 32.2. The molecular weight excluding hydrogens is 460 g/mol. The number of aliphatic hydroxyl groups excluding tert-OH is 1. The molecule has 2 unspecified atom stereocenters. The summed E-state index contributed by atoms with van der Waals surface area (Å²) in [5.41, 5.74) is 4.89. The molecular formula is C27H20N4O3S. The molecule has 35 heavy (non-hydrogen) atoms. The molecule has 3 aromatic carbocycles. The van der Waals surface area contributed by atoms with Crippen LogP contribution in [-0.2, 0) is 11.3 Å². The Balaban J connectivity index is 1.58. The van der Waals surface area contributed by atoms with Crippen LogP contribution in [0.5, 0.6) is 0 Å². The first kappa shape index (κ1) is 22.6.